The molecule has 0 spiro atoms. The molecule has 1 fully saturated rings. The molecule has 3 heterocycles. The van der Waals surface area contributed by atoms with E-state index in [2.05, 4.69) is 62.6 Å². The highest BCUT2D eigenvalue weighted by molar-refractivity contribution is 6.42. The number of likely N-dealkylation sites (N-methyl/N-ethyl adjacent to an activating group) is 1. The number of carbonyl (C=O) groups is 1. The van der Waals surface area contributed by atoms with Gasteiger partial charge in [-0.3, -0.25) is 4.79 Å². The third kappa shape index (κ3) is 3.37. The van der Waals surface area contributed by atoms with Crippen molar-refractivity contribution in [1.29, 1.82) is 0 Å². The van der Waals surface area contributed by atoms with E-state index >= 15 is 0 Å². The van der Waals surface area contributed by atoms with Gasteiger partial charge in [-0.05, 0) is 60.6 Å². The number of halogens is 1. The third-order valence-corrected chi connectivity index (χ3v) is 8.17. The molecule has 32 heavy (non-hydrogen) atoms. The van der Waals surface area contributed by atoms with Gasteiger partial charge in [0, 0.05) is 50.1 Å². The number of carbonyl (C=O) groups excluding carboxylic acids is 1. The van der Waals surface area contributed by atoms with Gasteiger partial charge in [0.2, 0.25) is 0 Å². The highest BCUT2D eigenvalue weighted by Crippen LogP contribution is 2.54. The van der Waals surface area contributed by atoms with Gasteiger partial charge >= 0.3 is 0 Å². The minimum absolute atomic E-state index is 0.101. The average Bonchev–Trinajstić information content (AvgIpc) is 3.00. The maximum Gasteiger partial charge on any atom is 0.162 e. The Morgan fingerprint density at radius 3 is 2.66 bits per heavy atom. The molecule has 0 radical (unpaired) electrons. The first kappa shape index (κ1) is 21.6. The number of hydrogen-bond acceptors (Lipinski definition) is 4. The van der Waals surface area contributed by atoms with Crippen LogP contribution in [0.4, 0.5) is 15.8 Å². The molecule has 2 aromatic rings. The maximum atomic E-state index is 13.1. The number of nitrogens with zero attached hydrogens (tertiary/aromatic N) is 3. The van der Waals surface area contributed by atoms with Crippen LogP contribution in [-0.4, -0.2) is 71.0 Å². The first-order chi connectivity index (χ1) is 15.2. The molecule has 0 bridgehead atoms. The van der Waals surface area contributed by atoms with Gasteiger partial charge < -0.3 is 14.7 Å². The molecule has 0 N–H and O–H groups in total. The molecule has 0 aliphatic carbocycles. The van der Waals surface area contributed by atoms with Crippen LogP contribution >= 0.6 is 0 Å². The van der Waals surface area contributed by atoms with Gasteiger partial charge in [0.05, 0.1) is 11.4 Å². The first-order valence-electron chi connectivity index (χ1n) is 11.9. The van der Waals surface area contributed by atoms with Crippen molar-refractivity contribution < 1.29 is 9.18 Å². The van der Waals surface area contributed by atoms with Crippen molar-refractivity contribution in [2.24, 2.45) is 0 Å². The number of likely N-dealkylation sites (tertiary alicyclic amines) is 1. The Kier molecular flexibility index (Phi) is 5.16. The van der Waals surface area contributed by atoms with Crippen molar-refractivity contribution >= 4 is 32.9 Å². The van der Waals surface area contributed by atoms with Crippen molar-refractivity contribution in [3.8, 4) is 0 Å². The Hall–Kier alpha value is -2.27. The summed E-state index contributed by atoms with van der Waals surface area (Å²) in [5.41, 5.74) is 4.98. The fraction of sp³-hybridized carbons (Fsp3) is 0.480. The highest BCUT2D eigenvalue weighted by atomic mass is 19.1. The summed E-state index contributed by atoms with van der Waals surface area (Å²) in [6, 6.07) is 13.3. The van der Waals surface area contributed by atoms with E-state index in [0.29, 0.717) is 18.0 Å². The Balaban J connectivity index is 1.29. The van der Waals surface area contributed by atoms with Crippen LogP contribution in [0.1, 0.15) is 42.1 Å². The first-order valence-corrected chi connectivity index (χ1v) is 11.9. The zero-order valence-electron chi connectivity index (χ0n) is 19.7. The quantitative estimate of drug-likeness (QED) is 0.535. The molecule has 3 aliphatic heterocycles. The standard InChI is InChI=1S/C25H32B2FN3O/c1-24-15-30(13-4-7-21(32)17-8-10-18(28)11-9-17)14-12-22(24)31-16-25(26,27)29(2)20-6-3-5-19(24)23(20)31/h3,5-6,8-11,22H,4,7,12-16,26-27H2,1-2H3/t22-,24-/m0/s1. The monoisotopic (exact) mass is 431 g/mol. The van der Waals surface area contributed by atoms with Crippen LogP contribution in [0, 0.1) is 5.82 Å². The van der Waals surface area contributed by atoms with Crippen LogP contribution in [0.25, 0.3) is 0 Å². The van der Waals surface area contributed by atoms with Gasteiger partial charge in [-0.25, -0.2) is 4.39 Å². The van der Waals surface area contributed by atoms with E-state index < -0.39 is 0 Å². The molecule has 1 saturated heterocycles. The minimum atomic E-state index is -0.301. The Labute approximate surface area is 192 Å². The van der Waals surface area contributed by atoms with Gasteiger partial charge in [0.25, 0.3) is 0 Å². The number of fused-ring (bicyclic) bond motifs is 3. The Morgan fingerprint density at radius 1 is 1.16 bits per heavy atom. The molecule has 0 aromatic heterocycles. The lowest BCUT2D eigenvalue weighted by Crippen LogP contribution is -2.63. The highest BCUT2D eigenvalue weighted by Gasteiger charge is 2.54. The SMILES string of the molecule is BC1(B)CN2c3c(cccc3[C@]3(C)CN(CCCC(=O)c4ccc(F)cc4)CC[C@H]23)N1C. The Bertz CT molecular complexity index is 1040. The number of Topliss-reactive ketones (excluding diaryl/α,β-unsaturated/α-hetero) is 1. The molecule has 4 nitrogen and oxygen atoms in total. The minimum Gasteiger partial charge on any atom is -0.381 e. The van der Waals surface area contributed by atoms with Crippen LogP contribution in [0.3, 0.4) is 0 Å². The van der Waals surface area contributed by atoms with E-state index in [4.69, 9.17) is 0 Å². The predicted octanol–water partition coefficient (Wildman–Crippen LogP) is 2.01. The van der Waals surface area contributed by atoms with E-state index in [9.17, 15) is 9.18 Å². The van der Waals surface area contributed by atoms with Crippen molar-refractivity contribution in [2.75, 3.05) is 43.0 Å². The summed E-state index contributed by atoms with van der Waals surface area (Å²) in [7, 11) is 6.90. The fourth-order valence-electron chi connectivity index (χ4n) is 6.23. The molecular formula is C25H32B2FN3O. The summed E-state index contributed by atoms with van der Waals surface area (Å²) in [5, 5.41) is 0.106. The maximum absolute atomic E-state index is 13.1. The molecule has 0 amide bonds. The zero-order chi connectivity index (χ0) is 22.7. The van der Waals surface area contributed by atoms with Crippen molar-refractivity contribution in [1.82, 2.24) is 4.90 Å². The number of para-hydroxylation sites is 1. The fourth-order valence-corrected chi connectivity index (χ4v) is 6.23. The molecule has 166 valence electrons. The van der Waals surface area contributed by atoms with Crippen LogP contribution < -0.4 is 9.80 Å². The summed E-state index contributed by atoms with van der Waals surface area (Å²) >= 11 is 0. The zero-order valence-corrected chi connectivity index (χ0v) is 19.7. The summed E-state index contributed by atoms with van der Waals surface area (Å²) < 4.78 is 13.1. The lowest BCUT2D eigenvalue weighted by molar-refractivity contribution is 0.0963. The van der Waals surface area contributed by atoms with E-state index in [0.717, 1.165) is 39.0 Å². The largest absolute Gasteiger partial charge is 0.381 e. The number of hydrogen-bond donors (Lipinski definition) is 0. The van der Waals surface area contributed by atoms with Crippen LogP contribution in [-0.2, 0) is 5.41 Å². The van der Waals surface area contributed by atoms with Crippen molar-refractivity contribution in [2.45, 2.75) is 43.0 Å². The molecule has 2 atom stereocenters. The number of rotatable bonds is 5. The molecule has 0 saturated carbocycles. The van der Waals surface area contributed by atoms with E-state index in [-0.39, 0.29) is 22.4 Å². The number of benzene rings is 2. The van der Waals surface area contributed by atoms with Crippen LogP contribution in [0.5, 0.6) is 0 Å². The normalized spacial score (nSPS) is 26.0. The van der Waals surface area contributed by atoms with Gasteiger partial charge in [0.1, 0.15) is 21.5 Å². The van der Waals surface area contributed by atoms with Gasteiger partial charge in [-0.1, -0.05) is 19.1 Å². The van der Waals surface area contributed by atoms with E-state index in [1.54, 1.807) is 12.1 Å². The Morgan fingerprint density at radius 2 is 1.91 bits per heavy atom. The molecule has 0 unspecified atom stereocenters. The average molecular weight is 431 g/mol. The third-order valence-electron chi connectivity index (χ3n) is 8.17. The van der Waals surface area contributed by atoms with E-state index in [1.807, 2.05) is 0 Å². The molecular weight excluding hydrogens is 399 g/mol. The number of ketones is 1. The van der Waals surface area contributed by atoms with Gasteiger partial charge in [0.15, 0.2) is 5.78 Å². The number of anilines is 2. The number of piperidine rings is 1. The summed E-state index contributed by atoms with van der Waals surface area (Å²) in [5.74, 6) is -0.200. The van der Waals surface area contributed by atoms with Crippen molar-refractivity contribution in [3.63, 3.8) is 0 Å². The topological polar surface area (TPSA) is 26.8 Å². The second kappa shape index (κ2) is 7.65. The second-order valence-electron chi connectivity index (χ2n) is 10.7. The molecule has 3 aliphatic rings. The van der Waals surface area contributed by atoms with Gasteiger partial charge in [-0.15, -0.1) is 0 Å². The van der Waals surface area contributed by atoms with Gasteiger partial charge in [-0.2, -0.15) is 0 Å². The van der Waals surface area contributed by atoms with Crippen molar-refractivity contribution in [3.05, 3.63) is 59.4 Å². The predicted molar refractivity (Wildman–Crippen MR) is 134 cm³/mol. The molecule has 7 heteroatoms. The lowest BCUT2D eigenvalue weighted by Gasteiger charge is -2.51. The van der Waals surface area contributed by atoms with Crippen LogP contribution in [0.2, 0.25) is 0 Å². The van der Waals surface area contributed by atoms with E-state index in [1.165, 1.54) is 29.1 Å². The molecule has 5 rings (SSSR count). The lowest BCUT2D eigenvalue weighted by atomic mass is 9.59. The van der Waals surface area contributed by atoms with Crippen LogP contribution in [0.15, 0.2) is 42.5 Å². The summed E-state index contributed by atoms with van der Waals surface area (Å²) in [6.07, 6.45) is 2.49. The smallest absolute Gasteiger partial charge is 0.162 e. The molecule has 2 aromatic carbocycles. The second-order valence-corrected chi connectivity index (χ2v) is 10.7. The summed E-state index contributed by atoms with van der Waals surface area (Å²) in [6.45, 7) is 6.52. The summed E-state index contributed by atoms with van der Waals surface area (Å²) in [4.78, 5) is 20.2.